The van der Waals surface area contributed by atoms with Crippen LogP contribution >= 0.6 is 15.9 Å². The molecule has 98 valence electrons. The molecule has 1 unspecified atom stereocenters. The third kappa shape index (κ3) is 3.97. The number of likely N-dealkylation sites (tertiary alicyclic amines) is 1. The minimum atomic E-state index is 0.417. The molecule has 2 fully saturated rings. The lowest BCUT2D eigenvalue weighted by atomic mass is 9.96. The Bertz CT molecular complexity index is 249. The van der Waals surface area contributed by atoms with Crippen molar-refractivity contribution in [3.8, 4) is 0 Å². The molecule has 0 bridgehead atoms. The van der Waals surface area contributed by atoms with E-state index in [1.807, 2.05) is 0 Å². The van der Waals surface area contributed by atoms with E-state index < -0.39 is 0 Å². The second kappa shape index (κ2) is 6.77. The number of hydrogen-bond donors (Lipinski definition) is 0. The predicted octanol–water partition coefficient (Wildman–Crippen LogP) is 3.59. The van der Waals surface area contributed by atoms with Gasteiger partial charge in [-0.3, -0.25) is 4.79 Å². The van der Waals surface area contributed by atoms with E-state index in [4.69, 9.17) is 0 Å². The third-order valence-corrected chi connectivity index (χ3v) is 5.21. The highest BCUT2D eigenvalue weighted by molar-refractivity contribution is 9.09. The molecule has 3 heteroatoms. The van der Waals surface area contributed by atoms with Gasteiger partial charge < -0.3 is 4.90 Å². The summed E-state index contributed by atoms with van der Waals surface area (Å²) in [5.41, 5.74) is 0. The molecule has 1 heterocycles. The van der Waals surface area contributed by atoms with E-state index in [9.17, 15) is 4.79 Å². The van der Waals surface area contributed by atoms with Crippen molar-refractivity contribution >= 4 is 21.8 Å². The molecular formula is C14H24BrNO. The summed E-state index contributed by atoms with van der Waals surface area (Å²) in [7, 11) is 0. The van der Waals surface area contributed by atoms with Gasteiger partial charge in [-0.1, -0.05) is 41.6 Å². The molecule has 1 atom stereocenters. The summed E-state index contributed by atoms with van der Waals surface area (Å²) in [4.78, 5) is 14.3. The maximum atomic E-state index is 12.2. The molecule has 17 heavy (non-hydrogen) atoms. The summed E-state index contributed by atoms with van der Waals surface area (Å²) >= 11 is 3.52. The number of carbonyl (C=O) groups is 1. The zero-order valence-electron chi connectivity index (χ0n) is 10.7. The number of rotatable bonds is 3. The van der Waals surface area contributed by atoms with Crippen LogP contribution in [0.5, 0.6) is 0 Å². The Morgan fingerprint density at radius 1 is 1.06 bits per heavy atom. The number of hydrogen-bond acceptors (Lipinski definition) is 1. The maximum Gasteiger partial charge on any atom is 0.222 e. The molecule has 0 aromatic carbocycles. The molecule has 0 N–H and O–H groups in total. The van der Waals surface area contributed by atoms with Gasteiger partial charge in [0.2, 0.25) is 5.91 Å². The van der Waals surface area contributed by atoms with Crippen LogP contribution in [0.2, 0.25) is 0 Å². The Morgan fingerprint density at radius 3 is 2.35 bits per heavy atom. The molecule has 1 saturated carbocycles. The summed E-state index contributed by atoms with van der Waals surface area (Å²) in [6.07, 6.45) is 9.98. The Balaban J connectivity index is 1.76. The first-order valence-corrected chi connectivity index (χ1v) is 8.25. The number of carbonyl (C=O) groups excluding carboxylic acids is 1. The number of halogens is 1. The molecule has 2 aliphatic rings. The van der Waals surface area contributed by atoms with Crippen LogP contribution in [0, 0.1) is 11.8 Å². The first kappa shape index (κ1) is 13.4. The molecule has 1 aliphatic carbocycles. The monoisotopic (exact) mass is 301 g/mol. The van der Waals surface area contributed by atoms with E-state index in [0.29, 0.717) is 17.7 Å². The Hall–Kier alpha value is -0.0500. The fourth-order valence-corrected chi connectivity index (χ4v) is 3.66. The highest BCUT2D eigenvalue weighted by Gasteiger charge is 2.27. The lowest BCUT2D eigenvalue weighted by molar-refractivity contribution is -0.131. The molecule has 0 aromatic rings. The second-order valence-electron chi connectivity index (χ2n) is 5.71. The first-order valence-electron chi connectivity index (χ1n) is 7.13. The van der Waals surface area contributed by atoms with Crippen molar-refractivity contribution < 1.29 is 4.79 Å². The molecule has 0 aromatic heterocycles. The van der Waals surface area contributed by atoms with E-state index in [2.05, 4.69) is 20.8 Å². The molecule has 2 nitrogen and oxygen atoms in total. The third-order valence-electron chi connectivity index (χ3n) is 4.29. The van der Waals surface area contributed by atoms with Crippen LogP contribution in [-0.2, 0) is 4.79 Å². The highest BCUT2D eigenvalue weighted by Crippen LogP contribution is 2.27. The average Bonchev–Trinajstić information content (AvgIpc) is 2.68. The van der Waals surface area contributed by atoms with Gasteiger partial charge in [0, 0.05) is 24.8 Å². The largest absolute Gasteiger partial charge is 0.342 e. The summed E-state index contributed by atoms with van der Waals surface area (Å²) in [5.74, 6) is 1.78. The van der Waals surface area contributed by atoms with Gasteiger partial charge in [0.25, 0.3) is 0 Å². The Labute approximate surface area is 113 Å². The Kier molecular flexibility index (Phi) is 5.33. The predicted molar refractivity (Wildman–Crippen MR) is 74.3 cm³/mol. The van der Waals surface area contributed by atoms with Crippen molar-refractivity contribution in [3.63, 3.8) is 0 Å². The minimum Gasteiger partial charge on any atom is -0.342 e. The van der Waals surface area contributed by atoms with Crippen molar-refractivity contribution in [2.75, 3.05) is 18.4 Å². The van der Waals surface area contributed by atoms with Gasteiger partial charge in [-0.15, -0.1) is 0 Å². The van der Waals surface area contributed by atoms with E-state index in [-0.39, 0.29) is 0 Å². The minimum absolute atomic E-state index is 0.417. The van der Waals surface area contributed by atoms with Crippen LogP contribution in [0.15, 0.2) is 0 Å². The van der Waals surface area contributed by atoms with Gasteiger partial charge in [-0.2, -0.15) is 0 Å². The molecule has 2 rings (SSSR count). The van der Waals surface area contributed by atoms with Gasteiger partial charge in [0.05, 0.1) is 0 Å². The van der Waals surface area contributed by atoms with Crippen molar-refractivity contribution in [2.45, 2.75) is 51.4 Å². The smallest absolute Gasteiger partial charge is 0.222 e. The van der Waals surface area contributed by atoms with Crippen LogP contribution in [0.25, 0.3) is 0 Å². The average molecular weight is 302 g/mol. The fourth-order valence-electron chi connectivity index (χ4n) is 3.13. The molecule has 0 spiro atoms. The normalized spacial score (nSPS) is 27.1. The zero-order valence-corrected chi connectivity index (χ0v) is 12.3. The van der Waals surface area contributed by atoms with Crippen LogP contribution in [0.3, 0.4) is 0 Å². The topological polar surface area (TPSA) is 20.3 Å². The fraction of sp³-hybridized carbons (Fsp3) is 0.929. The number of amides is 1. The summed E-state index contributed by atoms with van der Waals surface area (Å²) in [6.45, 7) is 1.97. The molecular weight excluding hydrogens is 278 g/mol. The second-order valence-corrected chi connectivity index (χ2v) is 6.36. The lowest BCUT2D eigenvalue weighted by Gasteiger charge is -2.20. The molecule has 1 amide bonds. The SMILES string of the molecule is O=C(CC1CCCCCC1)N1CCC(CBr)C1. The van der Waals surface area contributed by atoms with E-state index >= 15 is 0 Å². The van der Waals surface area contributed by atoms with E-state index in [0.717, 1.165) is 24.8 Å². The first-order chi connectivity index (χ1) is 8.29. The summed E-state index contributed by atoms with van der Waals surface area (Å²) in [5, 5.41) is 1.04. The van der Waals surface area contributed by atoms with Crippen molar-refractivity contribution in [3.05, 3.63) is 0 Å². The van der Waals surface area contributed by atoms with E-state index in [1.165, 1.54) is 44.9 Å². The van der Waals surface area contributed by atoms with E-state index in [1.54, 1.807) is 0 Å². The zero-order chi connectivity index (χ0) is 12.1. The van der Waals surface area contributed by atoms with Gasteiger partial charge in [0.1, 0.15) is 0 Å². The van der Waals surface area contributed by atoms with Crippen LogP contribution < -0.4 is 0 Å². The molecule has 0 radical (unpaired) electrons. The number of alkyl halides is 1. The maximum absolute atomic E-state index is 12.2. The summed E-state index contributed by atoms with van der Waals surface area (Å²) in [6, 6.07) is 0. The van der Waals surface area contributed by atoms with Crippen LogP contribution in [0.4, 0.5) is 0 Å². The van der Waals surface area contributed by atoms with Crippen molar-refractivity contribution in [2.24, 2.45) is 11.8 Å². The highest BCUT2D eigenvalue weighted by atomic mass is 79.9. The number of nitrogens with zero attached hydrogens (tertiary/aromatic N) is 1. The lowest BCUT2D eigenvalue weighted by Crippen LogP contribution is -2.30. The molecule has 1 aliphatic heterocycles. The van der Waals surface area contributed by atoms with Gasteiger partial charge in [0.15, 0.2) is 0 Å². The standard InChI is InChI=1S/C14H24BrNO/c15-10-13-7-8-16(11-13)14(17)9-12-5-3-1-2-4-6-12/h12-13H,1-11H2. The summed E-state index contributed by atoms with van der Waals surface area (Å²) < 4.78 is 0. The molecule has 1 saturated heterocycles. The van der Waals surface area contributed by atoms with Crippen molar-refractivity contribution in [1.29, 1.82) is 0 Å². The van der Waals surface area contributed by atoms with Gasteiger partial charge in [-0.25, -0.2) is 0 Å². The van der Waals surface area contributed by atoms with Crippen molar-refractivity contribution in [1.82, 2.24) is 4.90 Å². The van der Waals surface area contributed by atoms with Gasteiger partial charge >= 0.3 is 0 Å². The Morgan fingerprint density at radius 2 is 1.76 bits per heavy atom. The van der Waals surface area contributed by atoms with Crippen LogP contribution in [-0.4, -0.2) is 29.2 Å². The van der Waals surface area contributed by atoms with Crippen LogP contribution in [0.1, 0.15) is 51.4 Å². The quantitative estimate of drug-likeness (QED) is 0.576. The van der Waals surface area contributed by atoms with Gasteiger partial charge in [-0.05, 0) is 31.1 Å².